The van der Waals surface area contributed by atoms with E-state index in [1.807, 2.05) is 47.4 Å². The van der Waals surface area contributed by atoms with Crippen LogP contribution in [-0.2, 0) is 0 Å². The van der Waals surface area contributed by atoms with Gasteiger partial charge in [-0.1, -0.05) is 37.3 Å². The molecule has 0 saturated carbocycles. The number of rotatable bonds is 3. The maximum atomic E-state index is 13.3. The van der Waals surface area contributed by atoms with Crippen molar-refractivity contribution < 1.29 is 4.79 Å². The van der Waals surface area contributed by atoms with E-state index in [1.54, 1.807) is 12.4 Å². The summed E-state index contributed by atoms with van der Waals surface area (Å²) in [6.07, 6.45) is 8.59. The fourth-order valence-electron chi connectivity index (χ4n) is 3.34. The maximum Gasteiger partial charge on any atom is 0.255 e. The lowest BCUT2D eigenvalue weighted by atomic mass is 10.0. The van der Waals surface area contributed by atoms with E-state index in [0.29, 0.717) is 12.1 Å². The van der Waals surface area contributed by atoms with Gasteiger partial charge in [-0.15, -0.1) is 0 Å². The van der Waals surface area contributed by atoms with Crippen LogP contribution in [0.15, 0.2) is 67.0 Å². The third-order valence-electron chi connectivity index (χ3n) is 4.66. The minimum Gasteiger partial charge on any atom is -0.328 e. The minimum atomic E-state index is 0.0609. The molecule has 1 aliphatic heterocycles. The molecule has 3 aromatic rings. The van der Waals surface area contributed by atoms with Crippen molar-refractivity contribution in [2.75, 3.05) is 6.54 Å². The number of hydrogen-bond donors (Lipinski definition) is 0. The van der Waals surface area contributed by atoms with Gasteiger partial charge < -0.3 is 4.90 Å². The number of pyridine rings is 2. The van der Waals surface area contributed by atoms with Gasteiger partial charge in [0, 0.05) is 29.9 Å². The minimum absolute atomic E-state index is 0.0609. The highest BCUT2D eigenvalue weighted by atomic mass is 16.2. The van der Waals surface area contributed by atoms with E-state index in [1.165, 1.54) is 0 Å². The van der Waals surface area contributed by atoms with Crippen molar-refractivity contribution >= 4 is 16.8 Å². The van der Waals surface area contributed by atoms with Gasteiger partial charge in [0.05, 0.1) is 22.8 Å². The molecule has 4 nitrogen and oxygen atoms in total. The summed E-state index contributed by atoms with van der Waals surface area (Å²) in [6, 6.07) is 13.7. The highest BCUT2D eigenvalue weighted by Crippen LogP contribution is 2.27. The molecule has 0 unspecified atom stereocenters. The summed E-state index contributed by atoms with van der Waals surface area (Å²) in [5.41, 5.74) is 3.30. The molecule has 1 atom stereocenters. The molecule has 0 bridgehead atoms. The van der Waals surface area contributed by atoms with E-state index in [-0.39, 0.29) is 11.9 Å². The van der Waals surface area contributed by atoms with E-state index >= 15 is 0 Å². The molecule has 0 fully saturated rings. The van der Waals surface area contributed by atoms with E-state index in [2.05, 4.69) is 24.1 Å². The summed E-state index contributed by atoms with van der Waals surface area (Å²) in [6.45, 7) is 2.77. The summed E-state index contributed by atoms with van der Waals surface area (Å²) in [7, 11) is 0. The van der Waals surface area contributed by atoms with E-state index in [9.17, 15) is 4.79 Å². The molecule has 0 aliphatic carbocycles. The van der Waals surface area contributed by atoms with Gasteiger partial charge in [-0.25, -0.2) is 4.98 Å². The van der Waals surface area contributed by atoms with Crippen molar-refractivity contribution in [1.29, 1.82) is 0 Å². The number of nitrogens with zero attached hydrogens (tertiary/aromatic N) is 3. The van der Waals surface area contributed by atoms with Crippen LogP contribution in [0.4, 0.5) is 0 Å². The topological polar surface area (TPSA) is 46.1 Å². The van der Waals surface area contributed by atoms with Crippen molar-refractivity contribution in [2.24, 2.45) is 0 Å². The predicted octanol–water partition coefficient (Wildman–Crippen LogP) is 4.09. The SMILES string of the molecule is CC[C@@H]1C=CCN1C(=O)c1cc(-c2ccncc2)nc2ccccc12. The Morgan fingerprint density at radius 1 is 1.20 bits per heavy atom. The smallest absolute Gasteiger partial charge is 0.255 e. The first kappa shape index (κ1) is 15.5. The number of hydrogen-bond acceptors (Lipinski definition) is 3. The highest BCUT2D eigenvalue weighted by Gasteiger charge is 2.26. The van der Waals surface area contributed by atoms with Crippen LogP contribution < -0.4 is 0 Å². The van der Waals surface area contributed by atoms with Crippen molar-refractivity contribution in [2.45, 2.75) is 19.4 Å². The fraction of sp³-hybridized carbons (Fsp3) is 0.190. The maximum absolute atomic E-state index is 13.3. The third kappa shape index (κ3) is 2.80. The Labute approximate surface area is 146 Å². The predicted molar refractivity (Wildman–Crippen MR) is 99.2 cm³/mol. The molecule has 1 amide bonds. The first-order chi connectivity index (χ1) is 12.3. The monoisotopic (exact) mass is 329 g/mol. The van der Waals surface area contributed by atoms with Crippen LogP contribution in [0.25, 0.3) is 22.2 Å². The summed E-state index contributed by atoms with van der Waals surface area (Å²) in [5, 5.41) is 0.895. The molecule has 4 heteroatoms. The van der Waals surface area contributed by atoms with Crippen LogP contribution >= 0.6 is 0 Å². The number of aromatic nitrogens is 2. The number of para-hydroxylation sites is 1. The normalized spacial score (nSPS) is 16.5. The largest absolute Gasteiger partial charge is 0.328 e. The van der Waals surface area contributed by atoms with Crippen molar-refractivity contribution in [3.8, 4) is 11.3 Å². The average Bonchev–Trinajstić information content (AvgIpc) is 3.16. The van der Waals surface area contributed by atoms with Crippen LogP contribution in [-0.4, -0.2) is 33.4 Å². The Kier molecular flexibility index (Phi) is 4.02. The van der Waals surface area contributed by atoms with Gasteiger partial charge in [0.1, 0.15) is 0 Å². The summed E-state index contributed by atoms with van der Waals surface area (Å²) < 4.78 is 0. The molecule has 0 spiro atoms. The molecule has 0 radical (unpaired) electrons. The summed E-state index contributed by atoms with van der Waals surface area (Å²) in [5.74, 6) is 0.0609. The van der Waals surface area contributed by atoms with Gasteiger partial charge in [-0.3, -0.25) is 9.78 Å². The summed E-state index contributed by atoms with van der Waals surface area (Å²) in [4.78, 5) is 24.0. The average molecular weight is 329 g/mol. The second-order valence-corrected chi connectivity index (χ2v) is 6.17. The van der Waals surface area contributed by atoms with Crippen LogP contribution in [0.3, 0.4) is 0 Å². The van der Waals surface area contributed by atoms with Gasteiger partial charge in [0.2, 0.25) is 0 Å². The number of fused-ring (bicyclic) bond motifs is 1. The van der Waals surface area contributed by atoms with Gasteiger partial charge in [-0.05, 0) is 30.7 Å². The van der Waals surface area contributed by atoms with Crippen LogP contribution in [0.2, 0.25) is 0 Å². The molecule has 3 heterocycles. The number of amides is 1. The quantitative estimate of drug-likeness (QED) is 0.680. The van der Waals surface area contributed by atoms with Gasteiger partial charge in [-0.2, -0.15) is 0 Å². The lowest BCUT2D eigenvalue weighted by Gasteiger charge is -2.24. The molecule has 0 N–H and O–H groups in total. The standard InChI is InChI=1S/C21H19N3O/c1-2-16-6-5-13-24(16)21(25)18-14-20(15-9-11-22-12-10-15)23-19-8-4-3-7-17(18)19/h3-12,14,16H,2,13H2,1H3/t16-/m1/s1. The van der Waals surface area contributed by atoms with Crippen molar-refractivity contribution in [3.63, 3.8) is 0 Å². The first-order valence-electron chi connectivity index (χ1n) is 8.55. The molecule has 0 saturated heterocycles. The Morgan fingerprint density at radius 2 is 2.00 bits per heavy atom. The van der Waals surface area contributed by atoms with Crippen LogP contribution in [0.5, 0.6) is 0 Å². The molecule has 2 aromatic heterocycles. The lowest BCUT2D eigenvalue weighted by molar-refractivity contribution is 0.0749. The lowest BCUT2D eigenvalue weighted by Crippen LogP contribution is -2.35. The van der Waals surface area contributed by atoms with Gasteiger partial charge in [0.25, 0.3) is 5.91 Å². The van der Waals surface area contributed by atoms with E-state index < -0.39 is 0 Å². The fourth-order valence-corrected chi connectivity index (χ4v) is 3.34. The zero-order chi connectivity index (χ0) is 17.2. The Morgan fingerprint density at radius 3 is 2.80 bits per heavy atom. The zero-order valence-corrected chi connectivity index (χ0v) is 14.1. The molecule has 4 rings (SSSR count). The molecular weight excluding hydrogens is 310 g/mol. The van der Waals surface area contributed by atoms with E-state index in [4.69, 9.17) is 4.98 Å². The Balaban J connectivity index is 1.86. The van der Waals surface area contributed by atoms with Crippen LogP contribution in [0.1, 0.15) is 23.7 Å². The molecule has 25 heavy (non-hydrogen) atoms. The zero-order valence-electron chi connectivity index (χ0n) is 14.1. The highest BCUT2D eigenvalue weighted by molar-refractivity contribution is 6.07. The van der Waals surface area contributed by atoms with Crippen LogP contribution in [0, 0.1) is 0 Å². The summed E-state index contributed by atoms with van der Waals surface area (Å²) >= 11 is 0. The Bertz CT molecular complexity index is 950. The second kappa shape index (κ2) is 6.48. The van der Waals surface area contributed by atoms with E-state index in [0.717, 1.165) is 28.6 Å². The number of carbonyl (C=O) groups excluding carboxylic acids is 1. The molecular formula is C21H19N3O. The van der Waals surface area contributed by atoms with Gasteiger partial charge >= 0.3 is 0 Å². The second-order valence-electron chi connectivity index (χ2n) is 6.17. The van der Waals surface area contributed by atoms with Gasteiger partial charge in [0.15, 0.2) is 0 Å². The molecule has 1 aromatic carbocycles. The Hall–Kier alpha value is -3.01. The molecule has 124 valence electrons. The number of carbonyl (C=O) groups is 1. The van der Waals surface area contributed by atoms with Crippen molar-refractivity contribution in [1.82, 2.24) is 14.9 Å². The van der Waals surface area contributed by atoms with Crippen molar-refractivity contribution in [3.05, 3.63) is 72.6 Å². The molecule has 1 aliphatic rings. The third-order valence-corrected chi connectivity index (χ3v) is 4.66. The first-order valence-corrected chi connectivity index (χ1v) is 8.55. The number of benzene rings is 1.